The van der Waals surface area contributed by atoms with Crippen LogP contribution in [-0.4, -0.2) is 22.0 Å². The summed E-state index contributed by atoms with van der Waals surface area (Å²) in [5.41, 5.74) is 0.985. The van der Waals surface area contributed by atoms with Gasteiger partial charge in [0.05, 0.1) is 6.42 Å². The lowest BCUT2D eigenvalue weighted by Crippen LogP contribution is -2.14. The minimum absolute atomic E-state index is 0.0368. The van der Waals surface area contributed by atoms with E-state index in [9.17, 15) is 9.59 Å². The van der Waals surface area contributed by atoms with Gasteiger partial charge in [-0.25, -0.2) is 4.98 Å². The lowest BCUT2D eigenvalue weighted by molar-refractivity contribution is -0.138. The van der Waals surface area contributed by atoms with E-state index in [1.807, 2.05) is 13.0 Å². The lowest BCUT2D eigenvalue weighted by atomic mass is 10.3. The van der Waals surface area contributed by atoms with Crippen LogP contribution in [-0.2, 0) is 9.59 Å². The molecule has 1 aromatic rings. The molecule has 5 nitrogen and oxygen atoms in total. The summed E-state index contributed by atoms with van der Waals surface area (Å²) in [5.74, 6) is -0.872. The molecule has 2 N–H and O–H groups in total. The summed E-state index contributed by atoms with van der Waals surface area (Å²) < 4.78 is 0. The number of amides is 1. The van der Waals surface area contributed by atoms with Gasteiger partial charge in [0.15, 0.2) is 0 Å². The zero-order chi connectivity index (χ0) is 11.3. The third-order valence-corrected chi connectivity index (χ3v) is 1.75. The molecule has 0 aliphatic rings. The van der Waals surface area contributed by atoms with Crippen molar-refractivity contribution in [1.29, 1.82) is 0 Å². The van der Waals surface area contributed by atoms with Crippen molar-refractivity contribution in [3.63, 3.8) is 0 Å². The van der Waals surface area contributed by atoms with Gasteiger partial charge < -0.3 is 10.4 Å². The van der Waals surface area contributed by atoms with Crippen LogP contribution < -0.4 is 5.32 Å². The number of aromatic nitrogens is 1. The Morgan fingerprint density at radius 2 is 2.20 bits per heavy atom. The third kappa shape index (κ3) is 4.21. The first-order valence-corrected chi connectivity index (χ1v) is 4.52. The van der Waals surface area contributed by atoms with Gasteiger partial charge in [-0.3, -0.25) is 9.59 Å². The van der Waals surface area contributed by atoms with E-state index < -0.39 is 5.97 Å². The van der Waals surface area contributed by atoms with Crippen LogP contribution in [0.25, 0.3) is 0 Å². The van der Waals surface area contributed by atoms with E-state index in [1.165, 1.54) is 0 Å². The molecule has 0 aliphatic heterocycles. The van der Waals surface area contributed by atoms with Crippen molar-refractivity contribution in [2.75, 3.05) is 5.32 Å². The molecule has 0 spiro atoms. The van der Waals surface area contributed by atoms with Crippen molar-refractivity contribution < 1.29 is 14.7 Å². The van der Waals surface area contributed by atoms with Crippen LogP contribution in [0.4, 0.5) is 5.82 Å². The maximum Gasteiger partial charge on any atom is 0.303 e. The van der Waals surface area contributed by atoms with Gasteiger partial charge in [-0.05, 0) is 24.6 Å². The van der Waals surface area contributed by atoms with Crippen LogP contribution in [0.3, 0.4) is 0 Å². The quantitative estimate of drug-likeness (QED) is 0.779. The van der Waals surface area contributed by atoms with Crippen LogP contribution in [0.5, 0.6) is 0 Å². The van der Waals surface area contributed by atoms with E-state index in [4.69, 9.17) is 5.11 Å². The average Bonchev–Trinajstić information content (AvgIpc) is 2.15. The van der Waals surface area contributed by atoms with Crippen molar-refractivity contribution >= 4 is 17.7 Å². The second-order valence-corrected chi connectivity index (χ2v) is 3.16. The van der Waals surface area contributed by atoms with Gasteiger partial charge in [0.2, 0.25) is 5.91 Å². The molecule has 80 valence electrons. The molecule has 0 atom stereocenters. The maximum atomic E-state index is 11.2. The number of hydrogen-bond donors (Lipinski definition) is 2. The number of hydrogen-bond acceptors (Lipinski definition) is 3. The lowest BCUT2D eigenvalue weighted by Gasteiger charge is -2.03. The zero-order valence-electron chi connectivity index (χ0n) is 8.36. The number of carboxylic acid groups (broad SMARTS) is 1. The first-order valence-electron chi connectivity index (χ1n) is 4.52. The van der Waals surface area contributed by atoms with Gasteiger partial charge >= 0.3 is 5.97 Å². The molecule has 0 unspecified atom stereocenters. The van der Waals surface area contributed by atoms with E-state index >= 15 is 0 Å². The number of aliphatic carboxylic acids is 1. The van der Waals surface area contributed by atoms with E-state index in [0.717, 1.165) is 5.56 Å². The number of carbonyl (C=O) groups excluding carboxylic acids is 1. The van der Waals surface area contributed by atoms with Gasteiger partial charge in [0.1, 0.15) is 5.82 Å². The first kappa shape index (κ1) is 11.2. The van der Waals surface area contributed by atoms with Gasteiger partial charge in [-0.1, -0.05) is 0 Å². The minimum Gasteiger partial charge on any atom is -0.481 e. The number of rotatable bonds is 4. The molecule has 1 rings (SSSR count). The number of carboxylic acids is 1. The highest BCUT2D eigenvalue weighted by Crippen LogP contribution is 2.05. The van der Waals surface area contributed by atoms with Crippen LogP contribution in [0.2, 0.25) is 0 Å². The number of pyridine rings is 1. The topological polar surface area (TPSA) is 79.3 Å². The summed E-state index contributed by atoms with van der Waals surface area (Å²) in [6, 6.07) is 3.53. The molecule has 0 aliphatic carbocycles. The summed E-state index contributed by atoms with van der Waals surface area (Å²) in [4.78, 5) is 25.4. The molecule has 15 heavy (non-hydrogen) atoms. The second-order valence-electron chi connectivity index (χ2n) is 3.16. The van der Waals surface area contributed by atoms with E-state index in [2.05, 4.69) is 10.3 Å². The molecule has 1 amide bonds. The Kier molecular flexibility index (Phi) is 3.79. The molecular weight excluding hydrogens is 196 g/mol. The molecule has 0 aromatic carbocycles. The molecule has 0 radical (unpaired) electrons. The Balaban J connectivity index is 2.48. The fourth-order valence-corrected chi connectivity index (χ4v) is 1.03. The fourth-order valence-electron chi connectivity index (χ4n) is 1.03. The average molecular weight is 208 g/mol. The molecular formula is C10H12N2O3. The Morgan fingerprint density at radius 1 is 1.47 bits per heavy atom. The van der Waals surface area contributed by atoms with Crippen molar-refractivity contribution in [2.24, 2.45) is 0 Å². The van der Waals surface area contributed by atoms with Crippen LogP contribution in [0.1, 0.15) is 18.4 Å². The molecule has 0 bridgehead atoms. The summed E-state index contributed by atoms with van der Waals surface area (Å²) in [7, 11) is 0. The first-order chi connectivity index (χ1) is 7.08. The van der Waals surface area contributed by atoms with E-state index in [1.54, 1.807) is 12.3 Å². The van der Waals surface area contributed by atoms with Crippen LogP contribution in [0, 0.1) is 6.92 Å². The maximum absolute atomic E-state index is 11.2. The number of aryl methyl sites for hydroxylation is 1. The number of anilines is 1. The predicted molar refractivity (Wildman–Crippen MR) is 54.5 cm³/mol. The van der Waals surface area contributed by atoms with Crippen molar-refractivity contribution in [1.82, 2.24) is 4.98 Å². The highest BCUT2D eigenvalue weighted by atomic mass is 16.4. The number of nitrogens with zero attached hydrogens (tertiary/aromatic N) is 1. The molecule has 5 heteroatoms. The highest BCUT2D eigenvalue weighted by molar-refractivity contribution is 5.91. The van der Waals surface area contributed by atoms with Crippen molar-refractivity contribution in [3.8, 4) is 0 Å². The predicted octanol–water partition coefficient (Wildman–Crippen LogP) is 1.19. The summed E-state index contributed by atoms with van der Waals surface area (Å²) in [5, 5.41) is 10.9. The van der Waals surface area contributed by atoms with Crippen LogP contribution >= 0.6 is 0 Å². The second kappa shape index (κ2) is 5.09. The Labute approximate surface area is 87.1 Å². The Morgan fingerprint density at radius 3 is 2.80 bits per heavy atom. The normalized spacial score (nSPS) is 9.67. The van der Waals surface area contributed by atoms with Gasteiger partial charge in [0.25, 0.3) is 0 Å². The van der Waals surface area contributed by atoms with Crippen molar-refractivity contribution in [3.05, 3.63) is 23.9 Å². The van der Waals surface area contributed by atoms with E-state index in [0.29, 0.717) is 5.82 Å². The third-order valence-electron chi connectivity index (χ3n) is 1.75. The van der Waals surface area contributed by atoms with Crippen molar-refractivity contribution in [2.45, 2.75) is 19.8 Å². The monoisotopic (exact) mass is 208 g/mol. The Bertz CT molecular complexity index is 377. The van der Waals surface area contributed by atoms with Gasteiger partial charge in [0, 0.05) is 12.6 Å². The number of nitrogens with one attached hydrogen (secondary N) is 1. The smallest absolute Gasteiger partial charge is 0.303 e. The molecule has 0 fully saturated rings. The summed E-state index contributed by atoms with van der Waals surface area (Å²) in [6.45, 7) is 1.88. The number of carbonyl (C=O) groups is 2. The standard InChI is InChI=1S/C10H12N2O3/c1-7-4-5-11-8(6-7)12-9(13)2-3-10(14)15/h4-6H,2-3H2,1H3,(H,14,15)(H,11,12,13). The zero-order valence-corrected chi connectivity index (χ0v) is 8.36. The fraction of sp³-hybridized carbons (Fsp3) is 0.300. The summed E-state index contributed by atoms with van der Waals surface area (Å²) in [6.07, 6.45) is 1.38. The van der Waals surface area contributed by atoms with Gasteiger partial charge in [-0.15, -0.1) is 0 Å². The van der Waals surface area contributed by atoms with E-state index in [-0.39, 0.29) is 18.7 Å². The molecule has 1 aromatic heterocycles. The molecule has 0 saturated carbocycles. The SMILES string of the molecule is Cc1ccnc(NC(=O)CCC(=O)O)c1. The summed E-state index contributed by atoms with van der Waals surface area (Å²) >= 11 is 0. The Hall–Kier alpha value is -1.91. The molecule has 0 saturated heterocycles. The molecule has 1 heterocycles. The largest absolute Gasteiger partial charge is 0.481 e. The minimum atomic E-state index is -0.984. The van der Waals surface area contributed by atoms with Gasteiger partial charge in [-0.2, -0.15) is 0 Å². The van der Waals surface area contributed by atoms with Crippen LogP contribution in [0.15, 0.2) is 18.3 Å². The highest BCUT2D eigenvalue weighted by Gasteiger charge is 2.05.